The molecule has 102 valence electrons. The van der Waals surface area contributed by atoms with E-state index in [-0.39, 0.29) is 0 Å². The van der Waals surface area contributed by atoms with E-state index in [1.807, 2.05) is 0 Å². The van der Waals surface area contributed by atoms with Gasteiger partial charge in [0.1, 0.15) is 0 Å². The quantitative estimate of drug-likeness (QED) is 0.590. The molecule has 0 heterocycles. The van der Waals surface area contributed by atoms with E-state index < -0.39 is 0 Å². The van der Waals surface area contributed by atoms with E-state index in [1.165, 1.54) is 33.4 Å². The second kappa shape index (κ2) is 5.55. The van der Waals surface area contributed by atoms with Crippen LogP contribution in [0.25, 0.3) is 0 Å². The Bertz CT molecular complexity index is 614. The first-order valence-electron chi connectivity index (χ1n) is 7.06. The minimum absolute atomic E-state index is 1.10. The van der Waals surface area contributed by atoms with Gasteiger partial charge in [0.15, 0.2) is 0 Å². The summed E-state index contributed by atoms with van der Waals surface area (Å²) in [6, 6.07) is 8.68. The van der Waals surface area contributed by atoms with Gasteiger partial charge in [-0.25, -0.2) is 0 Å². The van der Waals surface area contributed by atoms with Crippen LogP contribution in [0.5, 0.6) is 0 Å². The molecule has 20 heavy (non-hydrogen) atoms. The van der Waals surface area contributed by atoms with Crippen LogP contribution in [-0.4, -0.2) is 0 Å². The molecule has 0 aliphatic carbocycles. The lowest BCUT2D eigenvalue weighted by atomic mass is 9.99. The van der Waals surface area contributed by atoms with Crippen LogP contribution in [0.1, 0.15) is 44.5 Å². The van der Waals surface area contributed by atoms with Crippen LogP contribution in [0.2, 0.25) is 0 Å². The van der Waals surface area contributed by atoms with Crippen molar-refractivity contribution in [2.75, 3.05) is 0 Å². The molecule has 0 aromatic heterocycles. The van der Waals surface area contributed by atoms with E-state index in [0.717, 1.165) is 11.1 Å². The largest absolute Gasteiger partial charge is 0.0616 e. The molecule has 2 rings (SSSR count). The third-order valence-corrected chi connectivity index (χ3v) is 4.21. The first-order chi connectivity index (χ1) is 9.38. The van der Waals surface area contributed by atoms with Gasteiger partial charge >= 0.3 is 0 Å². The van der Waals surface area contributed by atoms with Crippen molar-refractivity contribution in [1.29, 1.82) is 0 Å². The molecule has 0 atom stereocenters. The lowest BCUT2D eigenvalue weighted by Crippen LogP contribution is -1.90. The minimum atomic E-state index is 1.10. The van der Waals surface area contributed by atoms with Crippen molar-refractivity contribution in [2.45, 2.75) is 41.5 Å². The third kappa shape index (κ3) is 2.94. The van der Waals surface area contributed by atoms with Crippen molar-refractivity contribution in [3.05, 3.63) is 68.8 Å². The highest BCUT2D eigenvalue weighted by Crippen LogP contribution is 2.16. The maximum absolute atomic E-state index is 3.29. The Morgan fingerprint density at radius 2 is 0.750 bits per heavy atom. The smallest absolute Gasteiger partial charge is 0.0254 e. The molecule has 0 N–H and O–H groups in total. The molecule has 2 aromatic carbocycles. The standard InChI is InChI=1S/C20H22/c1-13-9-19(10-14(2)17(13)5)7-8-20-11-15(3)18(6)16(4)12-20/h9-12H,1-6H3. The summed E-state index contributed by atoms with van der Waals surface area (Å²) in [5, 5.41) is 0. The van der Waals surface area contributed by atoms with Crippen molar-refractivity contribution in [1.82, 2.24) is 0 Å². The summed E-state index contributed by atoms with van der Waals surface area (Å²) in [5.74, 6) is 6.59. The SMILES string of the molecule is Cc1cc(C#Cc2cc(C)c(C)c(C)c2)cc(C)c1C. The average molecular weight is 262 g/mol. The van der Waals surface area contributed by atoms with Crippen LogP contribution in [0.15, 0.2) is 24.3 Å². The summed E-state index contributed by atoms with van der Waals surface area (Å²) < 4.78 is 0. The normalized spacial score (nSPS) is 10.1. The van der Waals surface area contributed by atoms with E-state index >= 15 is 0 Å². The minimum Gasteiger partial charge on any atom is -0.0616 e. The molecule has 2 aromatic rings. The Morgan fingerprint density at radius 1 is 0.500 bits per heavy atom. The summed E-state index contributed by atoms with van der Waals surface area (Å²) in [6.45, 7) is 12.9. The van der Waals surface area contributed by atoms with Gasteiger partial charge in [-0.3, -0.25) is 0 Å². The molecule has 0 aliphatic heterocycles. The van der Waals surface area contributed by atoms with Crippen molar-refractivity contribution in [3.63, 3.8) is 0 Å². The van der Waals surface area contributed by atoms with Gasteiger partial charge in [0.2, 0.25) is 0 Å². The summed E-state index contributed by atoms with van der Waals surface area (Å²) in [4.78, 5) is 0. The average Bonchev–Trinajstić information content (AvgIpc) is 2.39. The highest BCUT2D eigenvalue weighted by molar-refractivity contribution is 5.50. The number of benzene rings is 2. The first kappa shape index (κ1) is 14.4. The predicted octanol–water partition coefficient (Wildman–Crippen LogP) is 4.94. The monoisotopic (exact) mass is 262 g/mol. The highest BCUT2D eigenvalue weighted by Gasteiger charge is 2.00. The van der Waals surface area contributed by atoms with Gasteiger partial charge in [-0.15, -0.1) is 0 Å². The topological polar surface area (TPSA) is 0 Å². The van der Waals surface area contributed by atoms with Gasteiger partial charge in [-0.05, 0) is 99.2 Å². The second-order valence-corrected chi connectivity index (χ2v) is 5.72. The van der Waals surface area contributed by atoms with Crippen molar-refractivity contribution in [3.8, 4) is 11.8 Å². The molecule has 0 amide bonds. The predicted molar refractivity (Wildman–Crippen MR) is 87.3 cm³/mol. The molecule has 0 saturated carbocycles. The molecule has 0 nitrogen and oxygen atoms in total. The van der Waals surface area contributed by atoms with Gasteiger partial charge in [-0.2, -0.15) is 0 Å². The summed E-state index contributed by atoms with van der Waals surface area (Å²) >= 11 is 0. The van der Waals surface area contributed by atoms with Gasteiger partial charge < -0.3 is 0 Å². The molecule has 0 aliphatic rings. The van der Waals surface area contributed by atoms with Crippen LogP contribution in [0.3, 0.4) is 0 Å². The fourth-order valence-corrected chi connectivity index (χ4v) is 2.36. The van der Waals surface area contributed by atoms with Crippen molar-refractivity contribution < 1.29 is 0 Å². The second-order valence-electron chi connectivity index (χ2n) is 5.72. The fourth-order valence-electron chi connectivity index (χ4n) is 2.36. The molecule has 0 fully saturated rings. The number of aryl methyl sites for hydroxylation is 4. The van der Waals surface area contributed by atoms with Crippen LogP contribution >= 0.6 is 0 Å². The Hall–Kier alpha value is -2.00. The number of hydrogen-bond donors (Lipinski definition) is 0. The van der Waals surface area contributed by atoms with Gasteiger partial charge in [0.25, 0.3) is 0 Å². The Kier molecular flexibility index (Phi) is 4.00. The first-order valence-corrected chi connectivity index (χ1v) is 7.06. The zero-order valence-electron chi connectivity index (χ0n) is 13.3. The molecule has 0 heteroatoms. The van der Waals surface area contributed by atoms with E-state index in [1.54, 1.807) is 0 Å². The Balaban J connectivity index is 2.41. The van der Waals surface area contributed by atoms with Crippen LogP contribution < -0.4 is 0 Å². The van der Waals surface area contributed by atoms with Gasteiger partial charge in [0, 0.05) is 11.1 Å². The van der Waals surface area contributed by atoms with Gasteiger partial charge in [-0.1, -0.05) is 11.8 Å². The molecular weight excluding hydrogens is 240 g/mol. The molecule has 0 bridgehead atoms. The molecule has 0 spiro atoms. The maximum atomic E-state index is 3.29. The zero-order valence-corrected chi connectivity index (χ0v) is 13.3. The fraction of sp³-hybridized carbons (Fsp3) is 0.300. The van der Waals surface area contributed by atoms with Crippen molar-refractivity contribution in [2.24, 2.45) is 0 Å². The van der Waals surface area contributed by atoms with Gasteiger partial charge in [0.05, 0.1) is 0 Å². The summed E-state index contributed by atoms with van der Waals surface area (Å²) in [5.41, 5.74) is 10.2. The number of rotatable bonds is 0. The zero-order chi connectivity index (χ0) is 14.9. The summed E-state index contributed by atoms with van der Waals surface area (Å²) in [6.07, 6.45) is 0. The molecule has 0 unspecified atom stereocenters. The highest BCUT2D eigenvalue weighted by atomic mass is 14.0. The molecule has 0 radical (unpaired) electrons. The van der Waals surface area contributed by atoms with E-state index in [2.05, 4.69) is 77.6 Å². The van der Waals surface area contributed by atoms with Crippen LogP contribution in [0.4, 0.5) is 0 Å². The van der Waals surface area contributed by atoms with Crippen LogP contribution in [0, 0.1) is 53.4 Å². The van der Waals surface area contributed by atoms with E-state index in [9.17, 15) is 0 Å². The Labute approximate surface area is 122 Å². The lowest BCUT2D eigenvalue weighted by molar-refractivity contribution is 1.25. The molecule has 0 saturated heterocycles. The van der Waals surface area contributed by atoms with E-state index in [0.29, 0.717) is 0 Å². The maximum Gasteiger partial charge on any atom is 0.0254 e. The third-order valence-electron chi connectivity index (χ3n) is 4.21. The van der Waals surface area contributed by atoms with Crippen molar-refractivity contribution >= 4 is 0 Å². The van der Waals surface area contributed by atoms with Crippen LogP contribution in [-0.2, 0) is 0 Å². The number of hydrogen-bond acceptors (Lipinski definition) is 0. The molecular formula is C20H22. The Morgan fingerprint density at radius 3 is 1.00 bits per heavy atom. The van der Waals surface area contributed by atoms with E-state index in [4.69, 9.17) is 0 Å². The summed E-state index contributed by atoms with van der Waals surface area (Å²) in [7, 11) is 0. The lowest BCUT2D eigenvalue weighted by Gasteiger charge is -2.06.